The van der Waals surface area contributed by atoms with Crippen LogP contribution in [0.1, 0.15) is 16.8 Å². The van der Waals surface area contributed by atoms with Crippen molar-refractivity contribution in [1.82, 2.24) is 15.0 Å². The summed E-state index contributed by atoms with van der Waals surface area (Å²) in [4.78, 5) is 15.3. The van der Waals surface area contributed by atoms with E-state index in [1.165, 1.54) is 11.1 Å². The maximum atomic E-state index is 12.8. The van der Waals surface area contributed by atoms with Crippen molar-refractivity contribution in [2.45, 2.75) is 5.60 Å². The lowest BCUT2D eigenvalue weighted by Gasteiger charge is -2.27. The van der Waals surface area contributed by atoms with Crippen LogP contribution in [0.5, 0.6) is 0 Å². The zero-order valence-electron chi connectivity index (χ0n) is 15.9. The Hall–Kier alpha value is -3.77. The fourth-order valence-corrected chi connectivity index (χ4v) is 3.24. The van der Waals surface area contributed by atoms with Crippen LogP contribution >= 0.6 is 0 Å². The molecular weight excluding hydrogens is 364 g/mol. The second-order valence-electron chi connectivity index (χ2n) is 6.64. The summed E-state index contributed by atoms with van der Waals surface area (Å²) < 4.78 is 0. The predicted molar refractivity (Wildman–Crippen MR) is 111 cm³/mol. The van der Waals surface area contributed by atoms with E-state index in [1.54, 1.807) is 7.05 Å². The zero-order valence-corrected chi connectivity index (χ0v) is 15.9. The average Bonchev–Trinajstić information content (AvgIpc) is 3.30. The molecule has 29 heavy (non-hydrogen) atoms. The topological polar surface area (TPSA) is 71.2 Å². The fraction of sp³-hybridized carbons (Fsp3) is 0.0870. The molecule has 0 spiro atoms. The molecule has 1 amide bonds. The molecule has 0 atom stereocenters. The lowest BCUT2D eigenvalue weighted by atomic mass is 9.84. The highest BCUT2D eigenvalue weighted by Gasteiger charge is 2.37. The van der Waals surface area contributed by atoms with Crippen molar-refractivity contribution < 1.29 is 9.90 Å². The highest BCUT2D eigenvalue weighted by molar-refractivity contribution is 5.91. The Bertz CT molecular complexity index is 1060. The van der Waals surface area contributed by atoms with E-state index in [1.807, 2.05) is 91.0 Å². The quantitative estimate of drug-likeness (QED) is 0.583. The minimum atomic E-state index is -1.54. The number of aromatic nitrogens is 3. The third-order valence-corrected chi connectivity index (χ3v) is 4.85. The van der Waals surface area contributed by atoms with Crippen molar-refractivity contribution in [2.75, 3.05) is 11.9 Å². The van der Waals surface area contributed by atoms with E-state index < -0.39 is 11.6 Å². The third kappa shape index (κ3) is 3.41. The number of benzene rings is 3. The second kappa shape index (κ2) is 7.69. The standard InChI is InChI=1S/C23H20N4O2/c1-26(20-15-9-4-10-16-20)22(28)27-24-17-21(25-27)23(29,18-11-5-2-6-12-18)19-13-7-3-8-14-19/h2-17,29H,1H3. The van der Waals surface area contributed by atoms with Gasteiger partial charge in [0.1, 0.15) is 5.69 Å². The molecule has 0 bridgehead atoms. The highest BCUT2D eigenvalue weighted by Crippen LogP contribution is 2.35. The molecule has 0 unspecified atom stereocenters. The molecule has 0 saturated heterocycles. The molecule has 0 aliphatic heterocycles. The van der Waals surface area contributed by atoms with Crippen molar-refractivity contribution in [3.05, 3.63) is 114 Å². The van der Waals surface area contributed by atoms with Crippen molar-refractivity contribution in [2.24, 2.45) is 0 Å². The van der Waals surface area contributed by atoms with Crippen molar-refractivity contribution in [3.8, 4) is 0 Å². The van der Waals surface area contributed by atoms with Crippen LogP contribution in [0.3, 0.4) is 0 Å². The lowest BCUT2D eigenvalue weighted by Crippen LogP contribution is -2.34. The number of aliphatic hydroxyl groups is 1. The summed E-state index contributed by atoms with van der Waals surface area (Å²) in [5, 5.41) is 20.2. The minimum Gasteiger partial charge on any atom is -0.374 e. The molecule has 1 N–H and O–H groups in total. The summed E-state index contributed by atoms with van der Waals surface area (Å²) in [5.41, 5.74) is 0.735. The minimum absolute atomic E-state index is 0.268. The van der Waals surface area contributed by atoms with Gasteiger partial charge in [-0.2, -0.15) is 5.10 Å². The van der Waals surface area contributed by atoms with Crippen LogP contribution < -0.4 is 4.90 Å². The summed E-state index contributed by atoms with van der Waals surface area (Å²) in [6.45, 7) is 0. The van der Waals surface area contributed by atoms with Gasteiger partial charge >= 0.3 is 6.03 Å². The molecule has 0 saturated carbocycles. The summed E-state index contributed by atoms with van der Waals surface area (Å²) in [7, 11) is 1.65. The van der Waals surface area contributed by atoms with Crippen LogP contribution in [0.25, 0.3) is 0 Å². The van der Waals surface area contributed by atoms with Crippen molar-refractivity contribution >= 4 is 11.7 Å². The number of anilines is 1. The number of carbonyl (C=O) groups excluding carboxylic acids is 1. The van der Waals surface area contributed by atoms with E-state index in [0.29, 0.717) is 11.1 Å². The van der Waals surface area contributed by atoms with Gasteiger partial charge in [0.05, 0.1) is 6.20 Å². The molecule has 0 aliphatic carbocycles. The molecule has 144 valence electrons. The first-order chi connectivity index (χ1) is 14.1. The van der Waals surface area contributed by atoms with Crippen LogP contribution in [-0.2, 0) is 5.60 Å². The SMILES string of the molecule is CN(C(=O)n1ncc(C(O)(c2ccccc2)c2ccccc2)n1)c1ccccc1. The van der Waals surface area contributed by atoms with Crippen LogP contribution in [-0.4, -0.2) is 33.2 Å². The number of carbonyl (C=O) groups is 1. The van der Waals surface area contributed by atoms with Crippen LogP contribution in [0, 0.1) is 0 Å². The molecule has 4 rings (SSSR count). The second-order valence-corrected chi connectivity index (χ2v) is 6.64. The van der Waals surface area contributed by atoms with Gasteiger partial charge in [-0.1, -0.05) is 83.7 Å². The van der Waals surface area contributed by atoms with Gasteiger partial charge in [0.25, 0.3) is 0 Å². The fourth-order valence-electron chi connectivity index (χ4n) is 3.24. The maximum Gasteiger partial charge on any atom is 0.366 e. The molecule has 6 nitrogen and oxygen atoms in total. The van der Waals surface area contributed by atoms with Crippen LogP contribution in [0.15, 0.2) is 97.2 Å². The first kappa shape index (κ1) is 18.6. The van der Waals surface area contributed by atoms with E-state index in [9.17, 15) is 9.90 Å². The van der Waals surface area contributed by atoms with E-state index in [-0.39, 0.29) is 5.69 Å². The average molecular weight is 384 g/mol. The van der Waals surface area contributed by atoms with Crippen molar-refractivity contribution in [1.29, 1.82) is 0 Å². The zero-order chi connectivity index (χ0) is 20.3. The molecule has 1 aromatic heterocycles. The van der Waals surface area contributed by atoms with E-state index in [2.05, 4.69) is 10.2 Å². The van der Waals surface area contributed by atoms with Gasteiger partial charge < -0.3 is 5.11 Å². The normalized spacial score (nSPS) is 11.2. The Morgan fingerprint density at radius 3 is 1.86 bits per heavy atom. The highest BCUT2D eigenvalue weighted by atomic mass is 16.3. The Morgan fingerprint density at radius 2 is 1.34 bits per heavy atom. The lowest BCUT2D eigenvalue weighted by molar-refractivity contribution is 0.120. The monoisotopic (exact) mass is 384 g/mol. The summed E-state index contributed by atoms with van der Waals surface area (Å²) >= 11 is 0. The van der Waals surface area contributed by atoms with Gasteiger partial charge in [0.15, 0.2) is 5.60 Å². The maximum absolute atomic E-state index is 12.8. The Balaban J connectivity index is 1.75. The molecular formula is C23H20N4O2. The molecule has 3 aromatic carbocycles. The van der Waals surface area contributed by atoms with E-state index in [0.717, 1.165) is 10.5 Å². The largest absolute Gasteiger partial charge is 0.374 e. The summed E-state index contributed by atoms with van der Waals surface area (Å²) in [6.07, 6.45) is 1.43. The van der Waals surface area contributed by atoms with E-state index >= 15 is 0 Å². The smallest absolute Gasteiger partial charge is 0.366 e. The molecule has 6 heteroatoms. The number of para-hydroxylation sites is 1. The Labute approximate surface area is 168 Å². The van der Waals surface area contributed by atoms with Gasteiger partial charge in [-0.05, 0) is 23.3 Å². The molecule has 4 aromatic rings. The molecule has 0 fully saturated rings. The van der Waals surface area contributed by atoms with Crippen molar-refractivity contribution in [3.63, 3.8) is 0 Å². The van der Waals surface area contributed by atoms with E-state index in [4.69, 9.17) is 0 Å². The van der Waals surface area contributed by atoms with Gasteiger partial charge in [-0.3, -0.25) is 4.90 Å². The summed E-state index contributed by atoms with van der Waals surface area (Å²) in [6, 6.07) is 27.3. The van der Waals surface area contributed by atoms with Gasteiger partial charge in [-0.25, -0.2) is 4.79 Å². The Kier molecular flexibility index (Phi) is 4.93. The summed E-state index contributed by atoms with van der Waals surface area (Å²) in [5.74, 6) is 0. The van der Waals surface area contributed by atoms with Crippen LogP contribution in [0.2, 0.25) is 0 Å². The van der Waals surface area contributed by atoms with Gasteiger partial charge in [0, 0.05) is 12.7 Å². The molecule has 1 heterocycles. The predicted octanol–water partition coefficient (Wildman–Crippen LogP) is 3.67. The number of hydrogen-bond acceptors (Lipinski definition) is 4. The third-order valence-electron chi connectivity index (χ3n) is 4.85. The number of rotatable bonds is 4. The van der Waals surface area contributed by atoms with Gasteiger partial charge in [-0.15, -0.1) is 5.10 Å². The number of hydrogen-bond donors (Lipinski definition) is 1. The Morgan fingerprint density at radius 1 is 0.862 bits per heavy atom. The first-order valence-electron chi connectivity index (χ1n) is 9.20. The van der Waals surface area contributed by atoms with Gasteiger partial charge in [0.2, 0.25) is 0 Å². The number of amides is 1. The molecule has 0 aliphatic rings. The molecule has 0 radical (unpaired) electrons. The number of nitrogens with zero attached hydrogens (tertiary/aromatic N) is 4. The first-order valence-corrected chi connectivity index (χ1v) is 9.20. The van der Waals surface area contributed by atoms with Crippen LogP contribution in [0.4, 0.5) is 10.5 Å².